The van der Waals surface area contributed by atoms with Crippen LogP contribution in [-0.2, 0) is 4.74 Å². The number of rotatable bonds is 2. The summed E-state index contributed by atoms with van der Waals surface area (Å²) in [5.74, 6) is 0. The van der Waals surface area contributed by atoms with Crippen molar-refractivity contribution >= 4 is 22.9 Å². The number of thiazole rings is 1. The molecule has 0 saturated carbocycles. The molecule has 2 heterocycles. The van der Waals surface area contributed by atoms with Gasteiger partial charge in [0.05, 0.1) is 13.2 Å². The van der Waals surface area contributed by atoms with Crippen molar-refractivity contribution in [2.45, 2.75) is 12.5 Å². The van der Waals surface area contributed by atoms with Gasteiger partial charge in [0, 0.05) is 11.8 Å². The Hall–Kier alpha value is -0.320. The van der Waals surface area contributed by atoms with Crippen LogP contribution >= 0.6 is 22.9 Å². The smallest absolute Gasteiger partial charge is 0.274 e. The molecule has 1 atom stereocenters. The van der Waals surface area contributed by atoms with Crippen molar-refractivity contribution in [1.82, 2.24) is 4.98 Å². The lowest BCUT2D eigenvalue weighted by atomic mass is 10.3. The fraction of sp³-hybridized carbons (Fsp3) is 0.571. The number of ether oxygens (including phenoxy) is 2. The van der Waals surface area contributed by atoms with Gasteiger partial charge in [0.2, 0.25) is 0 Å². The quantitative estimate of drug-likeness (QED) is 0.740. The SMILES string of the molecule is Clc1csc(OC2CCOC2)n1. The summed E-state index contributed by atoms with van der Waals surface area (Å²) in [5.41, 5.74) is 0. The van der Waals surface area contributed by atoms with Gasteiger partial charge < -0.3 is 9.47 Å². The average molecular weight is 206 g/mol. The molecule has 3 nitrogen and oxygen atoms in total. The Bertz CT molecular complexity index is 260. The van der Waals surface area contributed by atoms with Gasteiger partial charge in [-0.1, -0.05) is 22.9 Å². The maximum atomic E-state index is 5.63. The van der Waals surface area contributed by atoms with Crippen molar-refractivity contribution in [3.05, 3.63) is 10.5 Å². The monoisotopic (exact) mass is 205 g/mol. The fourth-order valence-electron chi connectivity index (χ4n) is 1.04. The highest BCUT2D eigenvalue weighted by atomic mass is 35.5. The lowest BCUT2D eigenvalue weighted by molar-refractivity contribution is 0.141. The van der Waals surface area contributed by atoms with Crippen molar-refractivity contribution < 1.29 is 9.47 Å². The molecular weight excluding hydrogens is 198 g/mol. The van der Waals surface area contributed by atoms with Gasteiger partial charge in [-0.05, 0) is 0 Å². The molecule has 1 aliphatic rings. The van der Waals surface area contributed by atoms with Gasteiger partial charge in [-0.25, -0.2) is 0 Å². The molecule has 0 spiro atoms. The van der Waals surface area contributed by atoms with Gasteiger partial charge in [0.1, 0.15) is 11.3 Å². The van der Waals surface area contributed by atoms with Crippen LogP contribution in [0.1, 0.15) is 6.42 Å². The molecule has 0 radical (unpaired) electrons. The minimum absolute atomic E-state index is 0.159. The van der Waals surface area contributed by atoms with E-state index < -0.39 is 0 Å². The van der Waals surface area contributed by atoms with E-state index in [0.717, 1.165) is 13.0 Å². The van der Waals surface area contributed by atoms with Crippen LogP contribution in [0.4, 0.5) is 0 Å². The summed E-state index contributed by atoms with van der Waals surface area (Å²) in [7, 11) is 0. The summed E-state index contributed by atoms with van der Waals surface area (Å²) >= 11 is 7.05. The van der Waals surface area contributed by atoms with Crippen LogP contribution in [-0.4, -0.2) is 24.3 Å². The van der Waals surface area contributed by atoms with Crippen molar-refractivity contribution in [3.8, 4) is 5.19 Å². The van der Waals surface area contributed by atoms with Crippen molar-refractivity contribution in [2.24, 2.45) is 0 Å². The highest BCUT2D eigenvalue weighted by molar-refractivity contribution is 7.11. The number of aromatic nitrogens is 1. The number of nitrogens with zero attached hydrogens (tertiary/aromatic N) is 1. The fourth-order valence-corrected chi connectivity index (χ4v) is 1.90. The minimum Gasteiger partial charge on any atom is -0.464 e. The number of halogens is 1. The molecule has 0 aliphatic carbocycles. The first-order chi connectivity index (χ1) is 5.84. The summed E-state index contributed by atoms with van der Waals surface area (Å²) in [6, 6.07) is 0. The van der Waals surface area contributed by atoms with E-state index in [4.69, 9.17) is 21.1 Å². The first kappa shape index (κ1) is 8.29. The van der Waals surface area contributed by atoms with Gasteiger partial charge in [-0.15, -0.1) is 0 Å². The molecule has 2 rings (SSSR count). The molecule has 5 heteroatoms. The maximum absolute atomic E-state index is 5.63. The first-order valence-electron chi connectivity index (χ1n) is 3.70. The molecular formula is C7H8ClNO2S. The van der Waals surface area contributed by atoms with E-state index in [0.29, 0.717) is 17.0 Å². The Kier molecular flexibility index (Phi) is 2.48. The predicted octanol–water partition coefficient (Wildman–Crippen LogP) is 1.96. The third-order valence-electron chi connectivity index (χ3n) is 1.61. The van der Waals surface area contributed by atoms with Gasteiger partial charge in [-0.3, -0.25) is 0 Å². The second-order valence-electron chi connectivity index (χ2n) is 2.54. The van der Waals surface area contributed by atoms with Gasteiger partial charge in [0.25, 0.3) is 5.19 Å². The summed E-state index contributed by atoms with van der Waals surface area (Å²) in [5, 5.41) is 2.89. The topological polar surface area (TPSA) is 31.4 Å². The minimum atomic E-state index is 0.159. The van der Waals surface area contributed by atoms with Crippen LogP contribution in [0.5, 0.6) is 5.19 Å². The lowest BCUT2D eigenvalue weighted by Gasteiger charge is -2.06. The number of hydrogen-bond donors (Lipinski definition) is 0. The van der Waals surface area contributed by atoms with Crippen molar-refractivity contribution in [2.75, 3.05) is 13.2 Å². The average Bonchev–Trinajstić information content (AvgIpc) is 2.63. The van der Waals surface area contributed by atoms with Crippen LogP contribution in [0.25, 0.3) is 0 Å². The Balaban J connectivity index is 1.94. The summed E-state index contributed by atoms with van der Waals surface area (Å²) < 4.78 is 10.6. The van der Waals surface area contributed by atoms with E-state index in [1.54, 1.807) is 5.38 Å². The normalized spacial score (nSPS) is 22.9. The molecule has 66 valence electrons. The molecule has 1 saturated heterocycles. The third kappa shape index (κ3) is 1.88. The highest BCUT2D eigenvalue weighted by Crippen LogP contribution is 2.23. The van der Waals surface area contributed by atoms with E-state index in [1.807, 2.05) is 0 Å². The Morgan fingerprint density at radius 2 is 2.67 bits per heavy atom. The van der Waals surface area contributed by atoms with Crippen LogP contribution in [0.15, 0.2) is 5.38 Å². The van der Waals surface area contributed by atoms with E-state index in [-0.39, 0.29) is 6.10 Å². The molecule has 1 fully saturated rings. The van der Waals surface area contributed by atoms with Gasteiger partial charge >= 0.3 is 0 Å². The molecule has 1 aromatic heterocycles. The number of hydrogen-bond acceptors (Lipinski definition) is 4. The van der Waals surface area contributed by atoms with Crippen LogP contribution in [0, 0.1) is 0 Å². The summed E-state index contributed by atoms with van der Waals surface area (Å²) in [6.07, 6.45) is 1.10. The standard InChI is InChI=1S/C7H8ClNO2S/c8-6-4-12-7(9-6)11-5-1-2-10-3-5/h4-5H,1-3H2. The molecule has 0 N–H and O–H groups in total. The zero-order valence-corrected chi connectivity index (χ0v) is 7.90. The van der Waals surface area contributed by atoms with Crippen molar-refractivity contribution in [1.29, 1.82) is 0 Å². The van der Waals surface area contributed by atoms with E-state index in [2.05, 4.69) is 4.98 Å². The summed E-state index contributed by atoms with van der Waals surface area (Å²) in [6.45, 7) is 1.45. The first-order valence-corrected chi connectivity index (χ1v) is 4.96. The van der Waals surface area contributed by atoms with E-state index in [1.165, 1.54) is 11.3 Å². The molecule has 1 aliphatic heterocycles. The van der Waals surface area contributed by atoms with Gasteiger partial charge in [-0.2, -0.15) is 4.98 Å². The second kappa shape index (κ2) is 3.60. The Morgan fingerprint density at radius 3 is 3.25 bits per heavy atom. The lowest BCUT2D eigenvalue weighted by Crippen LogP contribution is -2.15. The zero-order valence-electron chi connectivity index (χ0n) is 6.33. The molecule has 0 aromatic carbocycles. The predicted molar refractivity (Wildman–Crippen MR) is 47.0 cm³/mol. The third-order valence-corrected chi connectivity index (χ3v) is 2.66. The molecule has 0 amide bonds. The highest BCUT2D eigenvalue weighted by Gasteiger charge is 2.18. The molecule has 1 unspecified atom stereocenters. The molecule has 1 aromatic rings. The van der Waals surface area contributed by atoms with Crippen LogP contribution in [0.3, 0.4) is 0 Å². The van der Waals surface area contributed by atoms with Crippen molar-refractivity contribution in [3.63, 3.8) is 0 Å². The van der Waals surface area contributed by atoms with Crippen LogP contribution in [0.2, 0.25) is 5.15 Å². The zero-order chi connectivity index (χ0) is 8.39. The molecule has 12 heavy (non-hydrogen) atoms. The van der Waals surface area contributed by atoms with E-state index >= 15 is 0 Å². The second-order valence-corrected chi connectivity index (χ2v) is 3.75. The Labute approximate surface area is 79.3 Å². The Morgan fingerprint density at radius 1 is 1.75 bits per heavy atom. The van der Waals surface area contributed by atoms with Gasteiger partial charge in [0.15, 0.2) is 0 Å². The van der Waals surface area contributed by atoms with Crippen LogP contribution < -0.4 is 4.74 Å². The van der Waals surface area contributed by atoms with E-state index in [9.17, 15) is 0 Å². The molecule has 0 bridgehead atoms. The summed E-state index contributed by atoms with van der Waals surface area (Å²) in [4.78, 5) is 3.98. The maximum Gasteiger partial charge on any atom is 0.274 e. The largest absolute Gasteiger partial charge is 0.464 e.